The molecule has 158 valence electrons. The Morgan fingerprint density at radius 1 is 0.966 bits per heavy atom. The van der Waals surface area contributed by atoms with Gasteiger partial charge >= 0.3 is 23.9 Å². The van der Waals surface area contributed by atoms with Crippen LogP contribution in [0.3, 0.4) is 0 Å². The second-order valence-electron chi connectivity index (χ2n) is 6.32. The van der Waals surface area contributed by atoms with Crippen LogP contribution < -0.4 is 0 Å². The predicted molar refractivity (Wildman–Crippen MR) is 94.5 cm³/mol. The van der Waals surface area contributed by atoms with E-state index in [1.54, 1.807) is 0 Å². The normalized spacial score (nSPS) is 23.6. The summed E-state index contributed by atoms with van der Waals surface area (Å²) in [6.45, 7) is 3.23. The van der Waals surface area contributed by atoms with Gasteiger partial charge in [0.1, 0.15) is 24.6 Å². The van der Waals surface area contributed by atoms with Crippen molar-refractivity contribution in [1.82, 2.24) is 0 Å². The number of hydrogen-bond acceptors (Lipinski definition) is 10. The molecule has 29 heavy (non-hydrogen) atoms. The molecule has 1 fully saturated rings. The van der Waals surface area contributed by atoms with Crippen LogP contribution in [-0.2, 0) is 38.1 Å². The van der Waals surface area contributed by atoms with Gasteiger partial charge in [-0.3, -0.25) is 14.4 Å². The number of aromatic hydroxyl groups is 1. The summed E-state index contributed by atoms with van der Waals surface area (Å²) in [6.07, 6.45) is -4.33. The molecule has 1 aliphatic heterocycles. The van der Waals surface area contributed by atoms with Gasteiger partial charge in [0.2, 0.25) is 6.29 Å². The van der Waals surface area contributed by atoms with E-state index in [1.165, 1.54) is 45.0 Å². The average molecular weight is 410 g/mol. The van der Waals surface area contributed by atoms with Gasteiger partial charge in [-0.25, -0.2) is 4.79 Å². The topological polar surface area (TPSA) is 135 Å². The SMILES string of the molecule is CC(=O)OC[C@H]1O[C@H](OC(=O)c2ccc(O)cc2)C[C@@H](OC(C)=O)[C@@H]1OC(C)=O. The van der Waals surface area contributed by atoms with Gasteiger partial charge in [-0.1, -0.05) is 0 Å². The lowest BCUT2D eigenvalue weighted by Gasteiger charge is -2.39. The summed E-state index contributed by atoms with van der Waals surface area (Å²) in [4.78, 5) is 46.4. The first-order valence-corrected chi connectivity index (χ1v) is 8.79. The minimum Gasteiger partial charge on any atom is -0.508 e. The molecule has 0 unspecified atom stereocenters. The first-order chi connectivity index (χ1) is 13.7. The summed E-state index contributed by atoms with van der Waals surface area (Å²) in [7, 11) is 0. The first-order valence-electron chi connectivity index (χ1n) is 8.79. The maximum Gasteiger partial charge on any atom is 0.340 e. The average Bonchev–Trinajstić information content (AvgIpc) is 2.62. The number of rotatable bonds is 6. The molecule has 1 aromatic rings. The van der Waals surface area contributed by atoms with Crippen molar-refractivity contribution in [2.24, 2.45) is 0 Å². The van der Waals surface area contributed by atoms with Crippen LogP contribution in [-0.4, -0.2) is 60.2 Å². The third-order valence-corrected chi connectivity index (χ3v) is 3.90. The molecular weight excluding hydrogens is 388 g/mol. The Labute approximate surface area is 166 Å². The second-order valence-corrected chi connectivity index (χ2v) is 6.32. The molecule has 0 aromatic heterocycles. The summed E-state index contributed by atoms with van der Waals surface area (Å²) < 4.78 is 26.3. The smallest absolute Gasteiger partial charge is 0.340 e. The Morgan fingerprint density at radius 2 is 1.59 bits per heavy atom. The molecule has 0 amide bonds. The number of carbonyl (C=O) groups excluding carboxylic acids is 4. The number of esters is 4. The van der Waals surface area contributed by atoms with Gasteiger partial charge in [-0.05, 0) is 24.3 Å². The minimum atomic E-state index is -1.16. The van der Waals surface area contributed by atoms with Gasteiger partial charge in [0, 0.05) is 20.8 Å². The molecule has 0 bridgehead atoms. The number of phenolic OH excluding ortho intramolecular Hbond substituents is 1. The molecule has 0 saturated carbocycles. The highest BCUT2D eigenvalue weighted by Gasteiger charge is 2.45. The Kier molecular flexibility index (Phi) is 7.54. The maximum atomic E-state index is 12.3. The Balaban J connectivity index is 2.18. The monoisotopic (exact) mass is 410 g/mol. The standard InChI is InChI=1S/C19H22O10/c1-10(20)25-9-16-18(27-12(3)22)15(26-11(2)21)8-17(28-16)29-19(24)13-4-6-14(23)7-5-13/h4-7,15-18,23H,8-9H2,1-3H3/t15-,16-,17-,18+/m1/s1. The molecule has 1 aromatic carbocycles. The summed E-state index contributed by atoms with van der Waals surface area (Å²) in [5.74, 6) is -2.64. The second kappa shape index (κ2) is 9.87. The van der Waals surface area contributed by atoms with Crippen molar-refractivity contribution in [3.63, 3.8) is 0 Å². The van der Waals surface area contributed by atoms with E-state index in [2.05, 4.69) is 0 Å². The van der Waals surface area contributed by atoms with Gasteiger partial charge in [0.25, 0.3) is 0 Å². The molecule has 2 rings (SSSR count). The first kappa shape index (κ1) is 22.2. The zero-order chi connectivity index (χ0) is 21.6. The van der Waals surface area contributed by atoms with Crippen molar-refractivity contribution in [3.8, 4) is 5.75 Å². The summed E-state index contributed by atoms with van der Waals surface area (Å²) in [5, 5.41) is 9.31. The number of phenols is 1. The molecule has 1 N–H and O–H groups in total. The highest BCUT2D eigenvalue weighted by Crippen LogP contribution is 2.27. The van der Waals surface area contributed by atoms with Crippen LogP contribution in [0.1, 0.15) is 37.6 Å². The zero-order valence-corrected chi connectivity index (χ0v) is 16.2. The van der Waals surface area contributed by atoms with Crippen molar-refractivity contribution in [2.75, 3.05) is 6.61 Å². The van der Waals surface area contributed by atoms with Crippen LogP contribution >= 0.6 is 0 Å². The Morgan fingerprint density at radius 3 is 2.14 bits per heavy atom. The summed E-state index contributed by atoms with van der Waals surface area (Å²) in [5.41, 5.74) is 0.161. The van der Waals surface area contributed by atoms with E-state index in [0.717, 1.165) is 0 Å². The molecule has 0 aliphatic carbocycles. The fraction of sp³-hybridized carbons (Fsp3) is 0.474. The molecule has 1 heterocycles. The molecule has 0 radical (unpaired) electrons. The van der Waals surface area contributed by atoms with Crippen LogP contribution in [0.25, 0.3) is 0 Å². The van der Waals surface area contributed by atoms with E-state index in [0.29, 0.717) is 0 Å². The van der Waals surface area contributed by atoms with Gasteiger partial charge < -0.3 is 28.8 Å². The van der Waals surface area contributed by atoms with Crippen LogP contribution in [0.2, 0.25) is 0 Å². The van der Waals surface area contributed by atoms with E-state index in [-0.39, 0.29) is 24.3 Å². The number of hydrogen-bond donors (Lipinski definition) is 1. The lowest BCUT2D eigenvalue weighted by Crippen LogP contribution is -2.54. The number of benzene rings is 1. The van der Waals surface area contributed by atoms with E-state index in [9.17, 15) is 24.3 Å². The molecule has 0 spiro atoms. The number of ether oxygens (including phenoxy) is 5. The van der Waals surface area contributed by atoms with E-state index in [4.69, 9.17) is 23.7 Å². The molecule has 4 atom stereocenters. The zero-order valence-electron chi connectivity index (χ0n) is 16.2. The minimum absolute atomic E-state index is 0.0175. The molecule has 10 heteroatoms. The fourth-order valence-corrected chi connectivity index (χ4v) is 2.76. The molecule has 1 saturated heterocycles. The van der Waals surface area contributed by atoms with Gasteiger partial charge in [0.05, 0.1) is 12.0 Å². The van der Waals surface area contributed by atoms with Crippen LogP contribution in [0.5, 0.6) is 5.75 Å². The van der Waals surface area contributed by atoms with Crippen LogP contribution in [0.4, 0.5) is 0 Å². The Hall–Kier alpha value is -3.14. The Bertz CT molecular complexity index is 757. The lowest BCUT2D eigenvalue weighted by molar-refractivity contribution is -0.252. The quantitative estimate of drug-likeness (QED) is 0.536. The van der Waals surface area contributed by atoms with Gasteiger partial charge in [-0.15, -0.1) is 0 Å². The van der Waals surface area contributed by atoms with Crippen molar-refractivity contribution >= 4 is 23.9 Å². The highest BCUT2D eigenvalue weighted by atomic mass is 16.7. The molecule has 10 nitrogen and oxygen atoms in total. The van der Waals surface area contributed by atoms with Crippen LogP contribution in [0, 0.1) is 0 Å². The molecule has 1 aliphatic rings. The third kappa shape index (κ3) is 6.75. The fourth-order valence-electron chi connectivity index (χ4n) is 2.76. The molecular formula is C19H22O10. The van der Waals surface area contributed by atoms with E-state index >= 15 is 0 Å². The van der Waals surface area contributed by atoms with E-state index in [1.807, 2.05) is 0 Å². The third-order valence-electron chi connectivity index (χ3n) is 3.90. The van der Waals surface area contributed by atoms with Crippen molar-refractivity contribution in [1.29, 1.82) is 0 Å². The van der Waals surface area contributed by atoms with Gasteiger partial charge in [-0.2, -0.15) is 0 Å². The maximum absolute atomic E-state index is 12.3. The summed E-state index contributed by atoms with van der Waals surface area (Å²) in [6, 6.07) is 5.37. The summed E-state index contributed by atoms with van der Waals surface area (Å²) >= 11 is 0. The lowest BCUT2D eigenvalue weighted by atomic mass is 10.0. The van der Waals surface area contributed by atoms with Crippen molar-refractivity contribution in [3.05, 3.63) is 29.8 Å². The predicted octanol–water partition coefficient (Wildman–Crippen LogP) is 1.09. The largest absolute Gasteiger partial charge is 0.508 e. The van der Waals surface area contributed by atoms with E-state index < -0.39 is 48.5 Å². The van der Waals surface area contributed by atoms with Crippen LogP contribution in [0.15, 0.2) is 24.3 Å². The number of carbonyl (C=O) groups is 4. The van der Waals surface area contributed by atoms with Crippen molar-refractivity contribution < 1.29 is 48.0 Å². The highest BCUT2D eigenvalue weighted by molar-refractivity contribution is 5.89. The van der Waals surface area contributed by atoms with Gasteiger partial charge in [0.15, 0.2) is 6.10 Å². The van der Waals surface area contributed by atoms with Crippen molar-refractivity contribution in [2.45, 2.75) is 51.8 Å².